The van der Waals surface area contributed by atoms with Gasteiger partial charge in [0.05, 0.1) is 6.61 Å². The summed E-state index contributed by atoms with van der Waals surface area (Å²) in [6.45, 7) is 11.6. The summed E-state index contributed by atoms with van der Waals surface area (Å²) in [5.41, 5.74) is 1.62. The highest BCUT2D eigenvalue weighted by Gasteiger charge is 2.42. The zero-order valence-corrected chi connectivity index (χ0v) is 27.5. The first kappa shape index (κ1) is 33.6. The smallest absolute Gasteiger partial charge is 0.334 e. The fourth-order valence-corrected chi connectivity index (χ4v) is 7.67. The van der Waals surface area contributed by atoms with Gasteiger partial charge < -0.3 is 14.3 Å². The van der Waals surface area contributed by atoms with Gasteiger partial charge in [0.15, 0.2) is 14.1 Å². The molecule has 41 heavy (non-hydrogen) atoms. The molecular weight excluding hydrogens is 528 g/mol. The zero-order chi connectivity index (χ0) is 29.9. The van der Waals surface area contributed by atoms with E-state index in [1.807, 2.05) is 13.1 Å². The van der Waals surface area contributed by atoms with Crippen LogP contribution in [0.25, 0.3) is 0 Å². The molecule has 230 valence electrons. The Kier molecular flexibility index (Phi) is 13.2. The molecule has 0 radical (unpaired) electrons. The Morgan fingerprint density at radius 2 is 1.59 bits per heavy atom. The minimum atomic E-state index is -1.86. The predicted octanol–water partition coefficient (Wildman–Crippen LogP) is 8.69. The van der Waals surface area contributed by atoms with Gasteiger partial charge in [0.2, 0.25) is 0 Å². The number of rotatable bonds is 16. The molecule has 2 aliphatic rings. The standard InChI is InChI=1S/C35H56O5Si/c1-27-17-22-32(33(25-27)40-34(37)28-15-14-16-30(36)26-28)35(2,3)29-18-20-31(21-19-29)39-23-12-10-8-6-7-9-11-13-24-41(4,5)38/h18-21,26-27,32-33,38H,6-17,22-25H2,1-5H3/t27-,32-,33-/m1/s1. The molecule has 0 unspecified atom stereocenters. The number of hydrogen-bond donors (Lipinski definition) is 1. The van der Waals surface area contributed by atoms with Crippen LogP contribution in [-0.2, 0) is 19.7 Å². The first-order chi connectivity index (χ1) is 19.5. The van der Waals surface area contributed by atoms with Gasteiger partial charge in [-0.15, -0.1) is 0 Å². The van der Waals surface area contributed by atoms with E-state index >= 15 is 0 Å². The summed E-state index contributed by atoms with van der Waals surface area (Å²) >= 11 is 0. The number of hydrogen-bond acceptors (Lipinski definition) is 5. The maximum absolute atomic E-state index is 13.0. The van der Waals surface area contributed by atoms with Gasteiger partial charge in [-0.2, -0.15) is 0 Å². The van der Waals surface area contributed by atoms with Crippen molar-refractivity contribution in [3.05, 3.63) is 41.5 Å². The highest BCUT2D eigenvalue weighted by molar-refractivity contribution is 6.69. The summed E-state index contributed by atoms with van der Waals surface area (Å²) in [6, 6.07) is 9.54. The van der Waals surface area contributed by atoms with Crippen LogP contribution in [-0.4, -0.2) is 37.6 Å². The van der Waals surface area contributed by atoms with Gasteiger partial charge in [-0.3, -0.25) is 4.79 Å². The van der Waals surface area contributed by atoms with Crippen molar-refractivity contribution in [1.82, 2.24) is 0 Å². The lowest BCUT2D eigenvalue weighted by Crippen LogP contribution is -2.43. The Labute approximate surface area is 250 Å². The van der Waals surface area contributed by atoms with E-state index in [-0.39, 0.29) is 29.2 Å². The lowest BCUT2D eigenvalue weighted by molar-refractivity contribution is -0.152. The third kappa shape index (κ3) is 11.4. The van der Waals surface area contributed by atoms with Crippen LogP contribution in [0, 0.1) is 11.8 Å². The van der Waals surface area contributed by atoms with Crippen molar-refractivity contribution < 1.29 is 23.9 Å². The van der Waals surface area contributed by atoms with Gasteiger partial charge in [0, 0.05) is 17.9 Å². The lowest BCUT2D eigenvalue weighted by atomic mass is 9.64. The Bertz CT molecular complexity index is 991. The Morgan fingerprint density at radius 1 is 0.951 bits per heavy atom. The van der Waals surface area contributed by atoms with Crippen molar-refractivity contribution in [1.29, 1.82) is 0 Å². The number of ether oxygens (including phenoxy) is 2. The molecule has 1 aromatic carbocycles. The van der Waals surface area contributed by atoms with E-state index in [0.29, 0.717) is 24.3 Å². The van der Waals surface area contributed by atoms with E-state index in [0.717, 1.165) is 50.5 Å². The van der Waals surface area contributed by atoms with Crippen molar-refractivity contribution >= 4 is 20.1 Å². The van der Waals surface area contributed by atoms with E-state index < -0.39 is 8.32 Å². The molecule has 0 aromatic heterocycles. The predicted molar refractivity (Wildman–Crippen MR) is 170 cm³/mol. The highest BCUT2D eigenvalue weighted by atomic mass is 28.4. The zero-order valence-electron chi connectivity index (χ0n) is 26.5. The maximum Gasteiger partial charge on any atom is 0.334 e. The molecule has 0 amide bonds. The molecule has 1 aromatic rings. The molecule has 1 N–H and O–H groups in total. The molecule has 0 heterocycles. The largest absolute Gasteiger partial charge is 0.494 e. The first-order valence-electron chi connectivity index (χ1n) is 16.4. The van der Waals surface area contributed by atoms with Crippen LogP contribution in [0.2, 0.25) is 19.1 Å². The number of carbonyl (C=O) groups is 2. The SMILES string of the molecule is C[C@@H]1CC[C@@H](C(C)(C)c2ccc(OCCCCCCCCCC[Si](C)(C)O)cc2)[C@H](OC(=O)C2=CC(=O)CCC2)C1. The number of esters is 1. The first-order valence-corrected chi connectivity index (χ1v) is 19.5. The Balaban J connectivity index is 1.42. The van der Waals surface area contributed by atoms with Crippen LogP contribution in [0.3, 0.4) is 0 Å². The number of ketones is 1. The van der Waals surface area contributed by atoms with Crippen LogP contribution in [0.1, 0.15) is 116 Å². The van der Waals surface area contributed by atoms with Gasteiger partial charge >= 0.3 is 5.97 Å². The van der Waals surface area contributed by atoms with Gasteiger partial charge in [-0.1, -0.05) is 84.3 Å². The highest BCUT2D eigenvalue weighted by Crippen LogP contribution is 2.44. The average molecular weight is 585 g/mol. The third-order valence-electron chi connectivity index (χ3n) is 9.26. The quantitative estimate of drug-likeness (QED) is 0.120. The molecular formula is C35H56O5Si. The fraction of sp³-hybridized carbons (Fsp3) is 0.714. The van der Waals surface area contributed by atoms with Crippen molar-refractivity contribution in [2.45, 2.75) is 141 Å². The summed E-state index contributed by atoms with van der Waals surface area (Å²) < 4.78 is 12.2. The summed E-state index contributed by atoms with van der Waals surface area (Å²) in [5.74, 6) is 1.38. The number of allylic oxidation sites excluding steroid dienone is 1. The van der Waals surface area contributed by atoms with Crippen molar-refractivity contribution in [2.75, 3.05) is 6.61 Å². The average Bonchev–Trinajstić information content (AvgIpc) is 2.91. The Hall–Kier alpha value is -1.92. The molecule has 1 saturated carbocycles. The van der Waals surface area contributed by atoms with Crippen LogP contribution < -0.4 is 4.74 Å². The van der Waals surface area contributed by atoms with Gasteiger partial charge in [-0.25, -0.2) is 4.79 Å². The lowest BCUT2D eigenvalue weighted by Gasteiger charge is -2.44. The molecule has 0 spiro atoms. The minimum Gasteiger partial charge on any atom is -0.494 e. The number of unbranched alkanes of at least 4 members (excludes halogenated alkanes) is 7. The molecule has 6 heteroatoms. The molecule has 2 aliphatic carbocycles. The molecule has 3 rings (SSSR count). The van der Waals surface area contributed by atoms with E-state index in [2.05, 4.69) is 45.0 Å². The van der Waals surface area contributed by atoms with Gasteiger partial charge in [0.25, 0.3) is 0 Å². The minimum absolute atomic E-state index is 0.0333. The topological polar surface area (TPSA) is 72.8 Å². The monoisotopic (exact) mass is 584 g/mol. The van der Waals surface area contributed by atoms with E-state index in [4.69, 9.17) is 9.47 Å². The van der Waals surface area contributed by atoms with E-state index in [9.17, 15) is 14.4 Å². The van der Waals surface area contributed by atoms with Crippen LogP contribution in [0.4, 0.5) is 0 Å². The summed E-state index contributed by atoms with van der Waals surface area (Å²) in [6.07, 6.45) is 16.1. The molecule has 0 saturated heterocycles. The van der Waals surface area contributed by atoms with Crippen LogP contribution >= 0.6 is 0 Å². The summed E-state index contributed by atoms with van der Waals surface area (Å²) in [4.78, 5) is 34.7. The second kappa shape index (κ2) is 16.1. The molecule has 1 fully saturated rings. The summed E-state index contributed by atoms with van der Waals surface area (Å²) in [7, 11) is -1.86. The Morgan fingerprint density at radius 3 is 2.22 bits per heavy atom. The van der Waals surface area contributed by atoms with Crippen molar-refractivity contribution in [2.24, 2.45) is 11.8 Å². The van der Waals surface area contributed by atoms with Crippen LogP contribution in [0.15, 0.2) is 35.9 Å². The van der Waals surface area contributed by atoms with Gasteiger partial charge in [-0.05, 0) is 86.3 Å². The van der Waals surface area contributed by atoms with Crippen molar-refractivity contribution in [3.8, 4) is 5.75 Å². The van der Waals surface area contributed by atoms with Crippen molar-refractivity contribution in [3.63, 3.8) is 0 Å². The molecule has 5 nitrogen and oxygen atoms in total. The number of benzene rings is 1. The molecule has 3 atom stereocenters. The number of carbonyl (C=O) groups excluding carboxylic acids is 2. The third-order valence-corrected chi connectivity index (χ3v) is 10.8. The summed E-state index contributed by atoms with van der Waals surface area (Å²) in [5, 5.41) is 0. The van der Waals surface area contributed by atoms with Gasteiger partial charge in [0.1, 0.15) is 11.9 Å². The second-order valence-electron chi connectivity index (χ2n) is 13.9. The fourth-order valence-electron chi connectivity index (χ4n) is 6.56. The maximum atomic E-state index is 13.0. The second-order valence-corrected chi connectivity index (χ2v) is 18.1. The van der Waals surface area contributed by atoms with Crippen LogP contribution in [0.5, 0.6) is 5.75 Å². The van der Waals surface area contributed by atoms with E-state index in [1.54, 1.807) is 0 Å². The molecule has 0 bridgehead atoms. The van der Waals surface area contributed by atoms with E-state index in [1.165, 1.54) is 56.6 Å². The molecule has 0 aliphatic heterocycles. The normalized spacial score (nSPS) is 21.9.